The van der Waals surface area contributed by atoms with Gasteiger partial charge >= 0.3 is 0 Å². The second-order valence-corrected chi connectivity index (χ2v) is 9.39. The summed E-state index contributed by atoms with van der Waals surface area (Å²) in [7, 11) is -3.56. The van der Waals surface area contributed by atoms with Crippen LogP contribution in [0.3, 0.4) is 0 Å². The quantitative estimate of drug-likeness (QED) is 0.657. The van der Waals surface area contributed by atoms with Crippen molar-refractivity contribution in [1.82, 2.24) is 24.3 Å². The number of benzene rings is 1. The average molecular weight is 412 g/mol. The van der Waals surface area contributed by atoms with Crippen molar-refractivity contribution in [3.05, 3.63) is 53.3 Å². The van der Waals surface area contributed by atoms with Crippen molar-refractivity contribution in [2.45, 2.75) is 44.9 Å². The molecule has 0 atom stereocenters. The third-order valence-corrected chi connectivity index (χ3v) is 7.50. The number of piperidine rings is 1. The van der Waals surface area contributed by atoms with Crippen LogP contribution in [0.4, 0.5) is 0 Å². The Kier molecular flexibility index (Phi) is 5.23. The lowest BCUT2D eigenvalue weighted by molar-refractivity contribution is 0.346. The lowest BCUT2D eigenvalue weighted by Gasteiger charge is -2.25. The van der Waals surface area contributed by atoms with Crippen LogP contribution in [0, 0.1) is 20.8 Å². The number of aromatic nitrogens is 4. The summed E-state index contributed by atoms with van der Waals surface area (Å²) in [6.07, 6.45) is 2.88. The predicted molar refractivity (Wildman–Crippen MR) is 111 cm³/mol. The molecule has 1 aliphatic heterocycles. The molecule has 152 valence electrons. The largest absolute Gasteiger partial charge is 0.246 e. The van der Waals surface area contributed by atoms with E-state index in [0.29, 0.717) is 30.3 Å². The van der Waals surface area contributed by atoms with Gasteiger partial charge in [-0.25, -0.2) is 13.1 Å². The molecule has 0 bridgehead atoms. The van der Waals surface area contributed by atoms with E-state index in [1.54, 1.807) is 22.8 Å². The minimum absolute atomic E-state index is 0.281. The topological polar surface area (TPSA) is 81.0 Å². The standard InChI is InChI=1S/C21H25N5O2S/c1-15-7-9-18(10-8-15)19-11-12-20(23-22-19)26-17(3)21(16(2)24-26)29(27,28)25-13-5-4-6-14-25/h7-12H,4-6,13-14H2,1-3H3. The van der Waals surface area contributed by atoms with Gasteiger partial charge in [-0.05, 0) is 45.7 Å². The van der Waals surface area contributed by atoms with Crippen LogP contribution < -0.4 is 0 Å². The monoisotopic (exact) mass is 411 g/mol. The summed E-state index contributed by atoms with van der Waals surface area (Å²) in [4.78, 5) is 0.281. The highest BCUT2D eigenvalue weighted by Gasteiger charge is 2.32. The maximum absolute atomic E-state index is 13.2. The molecule has 8 heteroatoms. The Hall–Kier alpha value is -2.58. The Bertz CT molecular complexity index is 1110. The Balaban J connectivity index is 1.68. The van der Waals surface area contributed by atoms with Crippen molar-refractivity contribution in [1.29, 1.82) is 0 Å². The highest BCUT2D eigenvalue weighted by Crippen LogP contribution is 2.27. The first-order valence-corrected chi connectivity index (χ1v) is 11.3. The number of hydrogen-bond donors (Lipinski definition) is 0. The molecule has 0 radical (unpaired) electrons. The summed E-state index contributed by atoms with van der Waals surface area (Å²) in [5.41, 5.74) is 3.97. The minimum atomic E-state index is -3.56. The molecular weight excluding hydrogens is 386 g/mol. The van der Waals surface area contributed by atoms with E-state index in [4.69, 9.17) is 0 Å². The fourth-order valence-corrected chi connectivity index (χ4v) is 5.65. The van der Waals surface area contributed by atoms with Crippen molar-refractivity contribution < 1.29 is 8.42 Å². The Labute approximate surface area is 171 Å². The number of nitrogens with zero attached hydrogens (tertiary/aromatic N) is 5. The van der Waals surface area contributed by atoms with Crippen molar-refractivity contribution in [2.24, 2.45) is 0 Å². The van der Waals surface area contributed by atoms with Gasteiger partial charge in [-0.3, -0.25) is 0 Å². The van der Waals surface area contributed by atoms with Gasteiger partial charge in [0.05, 0.1) is 17.1 Å². The zero-order valence-electron chi connectivity index (χ0n) is 17.0. The predicted octanol–water partition coefficient (Wildman–Crippen LogP) is 3.43. The fourth-order valence-electron chi connectivity index (χ4n) is 3.78. The second-order valence-electron chi connectivity index (χ2n) is 7.52. The highest BCUT2D eigenvalue weighted by molar-refractivity contribution is 7.89. The zero-order valence-corrected chi connectivity index (χ0v) is 17.8. The zero-order chi connectivity index (χ0) is 20.6. The van der Waals surface area contributed by atoms with Crippen molar-refractivity contribution >= 4 is 10.0 Å². The molecular formula is C21H25N5O2S. The van der Waals surface area contributed by atoms with Crippen LogP contribution in [-0.2, 0) is 10.0 Å². The molecule has 0 saturated carbocycles. The molecule has 1 aromatic carbocycles. The Morgan fingerprint density at radius 3 is 2.17 bits per heavy atom. The summed E-state index contributed by atoms with van der Waals surface area (Å²) in [5.74, 6) is 0.501. The molecule has 0 unspecified atom stereocenters. The molecule has 0 amide bonds. The summed E-state index contributed by atoms with van der Waals surface area (Å²) in [6, 6.07) is 11.8. The highest BCUT2D eigenvalue weighted by atomic mass is 32.2. The summed E-state index contributed by atoms with van der Waals surface area (Å²) >= 11 is 0. The van der Waals surface area contributed by atoms with Crippen LogP contribution in [0.15, 0.2) is 41.3 Å². The lowest BCUT2D eigenvalue weighted by Crippen LogP contribution is -2.36. The van der Waals surface area contributed by atoms with Gasteiger partial charge in [0, 0.05) is 18.7 Å². The van der Waals surface area contributed by atoms with Crippen molar-refractivity contribution in [3.63, 3.8) is 0 Å². The number of rotatable bonds is 4. The number of aryl methyl sites for hydroxylation is 2. The molecule has 4 rings (SSSR count). The van der Waals surface area contributed by atoms with Gasteiger partial charge in [0.2, 0.25) is 10.0 Å². The molecule has 1 aliphatic rings. The smallest absolute Gasteiger partial charge is 0.216 e. The number of sulfonamides is 1. The molecule has 7 nitrogen and oxygen atoms in total. The second kappa shape index (κ2) is 7.68. The van der Waals surface area contributed by atoms with Crippen LogP contribution >= 0.6 is 0 Å². The van der Waals surface area contributed by atoms with Gasteiger partial charge < -0.3 is 0 Å². The van der Waals surface area contributed by atoms with Crippen LogP contribution in [-0.4, -0.2) is 45.8 Å². The Morgan fingerprint density at radius 1 is 0.862 bits per heavy atom. The van der Waals surface area contributed by atoms with Crippen LogP contribution in [0.5, 0.6) is 0 Å². The Morgan fingerprint density at radius 2 is 1.55 bits per heavy atom. The fraction of sp³-hybridized carbons (Fsp3) is 0.381. The van der Waals surface area contributed by atoms with Gasteiger partial charge in [0.25, 0.3) is 0 Å². The minimum Gasteiger partial charge on any atom is -0.216 e. The van der Waals surface area contributed by atoms with E-state index in [-0.39, 0.29) is 4.90 Å². The van der Waals surface area contributed by atoms with Crippen molar-refractivity contribution in [2.75, 3.05) is 13.1 Å². The van der Waals surface area contributed by atoms with Crippen LogP contribution in [0.1, 0.15) is 36.2 Å². The van der Waals surface area contributed by atoms with E-state index in [2.05, 4.69) is 15.3 Å². The molecule has 3 heterocycles. The third-order valence-electron chi connectivity index (χ3n) is 5.35. The normalized spacial score (nSPS) is 15.6. The molecule has 1 fully saturated rings. The molecule has 0 spiro atoms. The van der Waals surface area contributed by atoms with Crippen LogP contribution in [0.25, 0.3) is 17.1 Å². The van der Waals surface area contributed by atoms with Crippen LogP contribution in [0.2, 0.25) is 0 Å². The third kappa shape index (κ3) is 3.70. The maximum Gasteiger partial charge on any atom is 0.246 e. The number of hydrogen-bond acceptors (Lipinski definition) is 5. The van der Waals surface area contributed by atoms with E-state index in [1.165, 1.54) is 5.56 Å². The van der Waals surface area contributed by atoms with E-state index >= 15 is 0 Å². The van der Waals surface area contributed by atoms with Gasteiger partial charge in [0.1, 0.15) is 4.90 Å². The van der Waals surface area contributed by atoms with E-state index in [0.717, 1.165) is 30.5 Å². The molecule has 1 saturated heterocycles. The molecule has 0 aliphatic carbocycles. The maximum atomic E-state index is 13.2. The van der Waals surface area contributed by atoms with Gasteiger partial charge in [-0.1, -0.05) is 36.2 Å². The SMILES string of the molecule is Cc1ccc(-c2ccc(-n3nc(C)c(S(=O)(=O)N4CCCCC4)c3C)nn2)cc1. The molecule has 3 aromatic rings. The van der Waals surface area contributed by atoms with E-state index < -0.39 is 10.0 Å². The van der Waals surface area contributed by atoms with Crippen molar-refractivity contribution in [3.8, 4) is 17.1 Å². The van der Waals surface area contributed by atoms with E-state index in [9.17, 15) is 8.42 Å². The summed E-state index contributed by atoms with van der Waals surface area (Å²) < 4.78 is 29.5. The first kappa shape index (κ1) is 19.7. The van der Waals surface area contributed by atoms with Gasteiger partial charge in [-0.15, -0.1) is 10.2 Å². The first-order valence-electron chi connectivity index (χ1n) is 9.85. The van der Waals surface area contributed by atoms with E-state index in [1.807, 2.05) is 43.3 Å². The molecule has 29 heavy (non-hydrogen) atoms. The van der Waals surface area contributed by atoms with Gasteiger partial charge in [-0.2, -0.15) is 9.40 Å². The molecule has 2 aromatic heterocycles. The first-order chi connectivity index (χ1) is 13.9. The lowest BCUT2D eigenvalue weighted by atomic mass is 10.1. The summed E-state index contributed by atoms with van der Waals surface area (Å²) in [5, 5.41) is 13.1. The van der Waals surface area contributed by atoms with Gasteiger partial charge in [0.15, 0.2) is 5.82 Å². The molecule has 0 N–H and O–H groups in total. The summed E-state index contributed by atoms with van der Waals surface area (Å²) in [6.45, 7) is 6.67. The average Bonchev–Trinajstić information content (AvgIpc) is 3.04.